The molecule has 0 bridgehead atoms. The molecule has 1 aromatic carbocycles. The van der Waals surface area contributed by atoms with E-state index in [1.165, 1.54) is 12.1 Å². The first-order chi connectivity index (χ1) is 9.00. The summed E-state index contributed by atoms with van der Waals surface area (Å²) in [4.78, 5) is 14.0. The monoisotopic (exact) mass is 269 g/mol. The molecule has 0 saturated heterocycles. The van der Waals surface area contributed by atoms with E-state index < -0.39 is 11.7 Å². The Kier molecular flexibility index (Phi) is 4.05. The second kappa shape index (κ2) is 5.57. The lowest BCUT2D eigenvalue weighted by molar-refractivity contribution is -0.137. The van der Waals surface area contributed by atoms with Crippen LogP contribution in [0, 0.1) is 0 Å². The highest BCUT2D eigenvalue weighted by atomic mass is 19.4. The molecule has 1 aliphatic rings. The lowest BCUT2D eigenvalue weighted by Gasteiger charge is -2.26. The molecule has 2 atom stereocenters. The van der Waals surface area contributed by atoms with Crippen molar-refractivity contribution in [3.05, 3.63) is 35.4 Å². The average molecular weight is 269 g/mol. The quantitative estimate of drug-likeness (QED) is 0.588. The number of hydrogen-bond acceptors (Lipinski definition) is 2. The average Bonchev–Trinajstić information content (AvgIpc) is 2.39. The molecular formula is C14H14F3NO. The number of rotatable bonds is 2. The van der Waals surface area contributed by atoms with Crippen molar-refractivity contribution in [2.24, 2.45) is 4.99 Å². The zero-order chi connectivity index (χ0) is 13.9. The fraction of sp³-hybridized carbons (Fsp3) is 0.500. The summed E-state index contributed by atoms with van der Waals surface area (Å²) in [5.74, 6) is 0.0400. The number of carbonyl (C=O) groups excluding carboxylic acids is 1. The lowest BCUT2D eigenvalue weighted by Crippen LogP contribution is -2.17. The molecule has 1 aliphatic carbocycles. The van der Waals surface area contributed by atoms with E-state index in [1.54, 1.807) is 12.1 Å². The van der Waals surface area contributed by atoms with Crippen molar-refractivity contribution in [1.82, 2.24) is 0 Å². The summed E-state index contributed by atoms with van der Waals surface area (Å²) >= 11 is 0. The van der Waals surface area contributed by atoms with Gasteiger partial charge in [-0.15, -0.1) is 0 Å². The Morgan fingerprint density at radius 2 is 2.05 bits per heavy atom. The molecule has 1 fully saturated rings. The fourth-order valence-electron chi connectivity index (χ4n) is 2.63. The Morgan fingerprint density at radius 3 is 2.74 bits per heavy atom. The molecule has 0 amide bonds. The maximum absolute atomic E-state index is 12.7. The summed E-state index contributed by atoms with van der Waals surface area (Å²) in [5.41, 5.74) is 0.0617. The highest BCUT2D eigenvalue weighted by molar-refractivity contribution is 5.34. The van der Waals surface area contributed by atoms with E-state index in [-0.39, 0.29) is 12.0 Å². The second-order valence-electron chi connectivity index (χ2n) is 4.86. The molecule has 0 radical (unpaired) electrons. The van der Waals surface area contributed by atoms with E-state index in [2.05, 4.69) is 4.99 Å². The van der Waals surface area contributed by atoms with Crippen LogP contribution in [0.25, 0.3) is 0 Å². The van der Waals surface area contributed by atoms with Crippen LogP contribution in [0.3, 0.4) is 0 Å². The predicted molar refractivity (Wildman–Crippen MR) is 64.6 cm³/mol. The van der Waals surface area contributed by atoms with Gasteiger partial charge in [-0.05, 0) is 36.8 Å². The summed E-state index contributed by atoms with van der Waals surface area (Å²) in [6, 6.07) is 5.33. The summed E-state index contributed by atoms with van der Waals surface area (Å²) in [6.45, 7) is 0. The molecule has 2 nitrogen and oxygen atoms in total. The minimum absolute atomic E-state index is 0.0400. The lowest BCUT2D eigenvalue weighted by atomic mass is 9.81. The highest BCUT2D eigenvalue weighted by Gasteiger charge is 2.31. The number of isocyanates is 1. The molecule has 0 heterocycles. The van der Waals surface area contributed by atoms with Crippen molar-refractivity contribution in [1.29, 1.82) is 0 Å². The number of halogens is 3. The zero-order valence-corrected chi connectivity index (χ0v) is 10.3. The maximum Gasteiger partial charge on any atom is 0.416 e. The van der Waals surface area contributed by atoms with E-state index in [0.717, 1.165) is 25.3 Å². The third-order valence-corrected chi connectivity index (χ3v) is 3.57. The van der Waals surface area contributed by atoms with Crippen molar-refractivity contribution >= 4 is 6.08 Å². The van der Waals surface area contributed by atoms with E-state index in [0.29, 0.717) is 12.0 Å². The third-order valence-electron chi connectivity index (χ3n) is 3.57. The summed E-state index contributed by atoms with van der Waals surface area (Å²) in [5, 5.41) is 0. The fourth-order valence-corrected chi connectivity index (χ4v) is 2.63. The van der Waals surface area contributed by atoms with Crippen LogP contribution in [0.15, 0.2) is 29.3 Å². The van der Waals surface area contributed by atoms with E-state index in [1.807, 2.05) is 0 Å². The van der Waals surface area contributed by atoms with E-state index >= 15 is 0 Å². The van der Waals surface area contributed by atoms with Gasteiger partial charge in [0.15, 0.2) is 0 Å². The maximum atomic E-state index is 12.7. The molecule has 102 valence electrons. The topological polar surface area (TPSA) is 29.4 Å². The first-order valence-corrected chi connectivity index (χ1v) is 6.25. The van der Waals surface area contributed by atoms with Crippen molar-refractivity contribution in [3.63, 3.8) is 0 Å². The Bertz CT molecular complexity index is 492. The molecule has 19 heavy (non-hydrogen) atoms. The molecular weight excluding hydrogens is 255 g/mol. The molecule has 0 unspecified atom stereocenters. The van der Waals surface area contributed by atoms with Gasteiger partial charge >= 0.3 is 6.18 Å². The molecule has 2 rings (SSSR count). The molecule has 0 N–H and O–H groups in total. The Hall–Kier alpha value is -1.61. The van der Waals surface area contributed by atoms with Crippen LogP contribution in [-0.2, 0) is 11.0 Å². The summed E-state index contributed by atoms with van der Waals surface area (Å²) < 4.78 is 38.0. The van der Waals surface area contributed by atoms with Gasteiger partial charge in [-0.1, -0.05) is 24.6 Å². The van der Waals surface area contributed by atoms with Gasteiger partial charge in [-0.2, -0.15) is 13.2 Å². The van der Waals surface area contributed by atoms with Gasteiger partial charge in [0.05, 0.1) is 11.6 Å². The first-order valence-electron chi connectivity index (χ1n) is 6.25. The van der Waals surface area contributed by atoms with Crippen molar-refractivity contribution in [3.8, 4) is 0 Å². The Balaban J connectivity index is 2.19. The molecule has 0 aromatic heterocycles. The van der Waals surface area contributed by atoms with Gasteiger partial charge in [-0.3, -0.25) is 0 Å². The third kappa shape index (κ3) is 3.44. The smallest absolute Gasteiger partial charge is 0.211 e. The Morgan fingerprint density at radius 1 is 1.26 bits per heavy atom. The number of nitrogens with zero attached hydrogens (tertiary/aromatic N) is 1. The zero-order valence-electron chi connectivity index (χ0n) is 10.3. The number of alkyl halides is 3. The van der Waals surface area contributed by atoms with Crippen LogP contribution in [0.2, 0.25) is 0 Å². The van der Waals surface area contributed by atoms with Gasteiger partial charge in [0.1, 0.15) is 0 Å². The Labute approximate surface area is 109 Å². The van der Waals surface area contributed by atoms with Crippen molar-refractivity contribution in [2.75, 3.05) is 0 Å². The van der Waals surface area contributed by atoms with Gasteiger partial charge in [-0.25, -0.2) is 9.79 Å². The second-order valence-corrected chi connectivity index (χ2v) is 4.86. The van der Waals surface area contributed by atoms with Crippen LogP contribution < -0.4 is 0 Å². The number of hydrogen-bond donors (Lipinski definition) is 0. The van der Waals surface area contributed by atoms with Gasteiger partial charge < -0.3 is 0 Å². The van der Waals surface area contributed by atoms with Crippen LogP contribution >= 0.6 is 0 Å². The van der Waals surface area contributed by atoms with Gasteiger partial charge in [0, 0.05) is 0 Å². The molecule has 0 aliphatic heterocycles. The minimum atomic E-state index is -4.31. The van der Waals surface area contributed by atoms with Gasteiger partial charge in [0.25, 0.3) is 0 Å². The van der Waals surface area contributed by atoms with E-state index in [4.69, 9.17) is 0 Å². The standard InChI is InChI=1S/C14H14F3NO/c15-14(16,17)12-5-1-3-10(7-12)11-4-2-6-13(8-11)18-9-19/h1,3,5,7,11,13H,2,4,6,8H2/t11-,13+/m0/s1. The summed E-state index contributed by atoms with van der Waals surface area (Å²) in [7, 11) is 0. The largest absolute Gasteiger partial charge is 0.416 e. The van der Waals surface area contributed by atoms with Crippen LogP contribution in [0.1, 0.15) is 42.7 Å². The van der Waals surface area contributed by atoms with Crippen LogP contribution in [0.5, 0.6) is 0 Å². The highest BCUT2D eigenvalue weighted by Crippen LogP contribution is 2.37. The van der Waals surface area contributed by atoms with Crippen molar-refractivity contribution < 1.29 is 18.0 Å². The van der Waals surface area contributed by atoms with Crippen molar-refractivity contribution in [2.45, 2.75) is 43.8 Å². The van der Waals surface area contributed by atoms with Crippen LogP contribution in [0.4, 0.5) is 13.2 Å². The molecule has 0 spiro atoms. The van der Waals surface area contributed by atoms with Gasteiger partial charge in [0.2, 0.25) is 6.08 Å². The van der Waals surface area contributed by atoms with Crippen LogP contribution in [-0.4, -0.2) is 12.1 Å². The molecule has 5 heteroatoms. The normalized spacial score (nSPS) is 23.7. The predicted octanol–water partition coefficient (Wildman–Crippen LogP) is 4.07. The first kappa shape index (κ1) is 13.8. The summed E-state index contributed by atoms with van der Waals surface area (Å²) in [6.07, 6.45) is 0.369. The number of benzene rings is 1. The minimum Gasteiger partial charge on any atom is -0.211 e. The SMILES string of the molecule is O=C=N[C@@H]1CCC[C@H](c2cccc(C(F)(F)F)c2)C1. The molecule has 1 aromatic rings. The molecule has 1 saturated carbocycles. The van der Waals surface area contributed by atoms with E-state index in [9.17, 15) is 18.0 Å². The number of aliphatic imine (C=N–C) groups is 1.